The molecule has 0 heterocycles. The van der Waals surface area contributed by atoms with Crippen LogP contribution in [-0.2, 0) is 16.0 Å². The van der Waals surface area contributed by atoms with Crippen molar-refractivity contribution in [3.63, 3.8) is 0 Å². The quantitative estimate of drug-likeness (QED) is 0.537. The fourth-order valence-corrected chi connectivity index (χ4v) is 2.29. The van der Waals surface area contributed by atoms with E-state index in [0.29, 0.717) is 12.1 Å². The summed E-state index contributed by atoms with van der Waals surface area (Å²) >= 11 is 0. The van der Waals surface area contributed by atoms with Crippen LogP contribution in [0.4, 0.5) is 0 Å². The molecular formula is C20H23N3O2. The molecule has 0 fully saturated rings. The first-order chi connectivity index (χ1) is 12.1. The third kappa shape index (κ3) is 6.14. The highest BCUT2D eigenvalue weighted by atomic mass is 16.2. The maximum atomic E-state index is 11.9. The van der Waals surface area contributed by atoms with Crippen molar-refractivity contribution in [2.45, 2.75) is 25.8 Å². The molecule has 1 unspecified atom stereocenters. The summed E-state index contributed by atoms with van der Waals surface area (Å²) in [5.41, 5.74) is 7.83. The highest BCUT2D eigenvalue weighted by molar-refractivity contribution is 6.35. The molecule has 3 N–H and O–H groups in total. The second-order valence-corrected chi connectivity index (χ2v) is 5.77. The minimum Gasteiger partial charge on any atom is -0.341 e. The lowest BCUT2D eigenvalue weighted by molar-refractivity contribution is -0.140. The van der Waals surface area contributed by atoms with Crippen molar-refractivity contribution >= 4 is 11.8 Å². The van der Waals surface area contributed by atoms with Crippen LogP contribution in [0.25, 0.3) is 0 Å². The summed E-state index contributed by atoms with van der Waals surface area (Å²) in [5.74, 6) is -1.44. The van der Waals surface area contributed by atoms with Crippen molar-refractivity contribution in [3.05, 3.63) is 84.1 Å². The van der Waals surface area contributed by atoms with Crippen LogP contribution in [-0.4, -0.2) is 11.8 Å². The number of carbonyl (C=O) groups is 2. The third-order valence-corrected chi connectivity index (χ3v) is 3.76. The van der Waals surface area contributed by atoms with Gasteiger partial charge in [0.2, 0.25) is 0 Å². The number of hydrogen-bond donors (Lipinski definition) is 3. The number of aryl methyl sites for hydroxylation is 1. The smallest absolute Gasteiger partial charge is 0.327 e. The molecule has 2 rings (SSSR count). The van der Waals surface area contributed by atoms with Gasteiger partial charge >= 0.3 is 11.8 Å². The number of rotatable bonds is 7. The molecule has 2 amide bonds. The highest BCUT2D eigenvalue weighted by Gasteiger charge is 2.16. The van der Waals surface area contributed by atoms with E-state index in [1.807, 2.05) is 67.6 Å². The standard InChI is InChI=1S/C20H23N3O2/c1-15(13-14-17-9-5-3-6-10-17)22-23-20(25)19(24)21-16(2)18-11-7-4-8-12-18/h3-12,16,22H,1,13-14H2,2H3,(H,21,24)(H,23,25). The zero-order valence-electron chi connectivity index (χ0n) is 14.3. The van der Waals surface area contributed by atoms with Crippen LogP contribution >= 0.6 is 0 Å². The van der Waals surface area contributed by atoms with E-state index in [-0.39, 0.29) is 6.04 Å². The largest absolute Gasteiger partial charge is 0.341 e. The zero-order chi connectivity index (χ0) is 18.1. The molecule has 0 aliphatic rings. The van der Waals surface area contributed by atoms with Crippen LogP contribution < -0.4 is 16.2 Å². The van der Waals surface area contributed by atoms with Crippen molar-refractivity contribution in [1.82, 2.24) is 16.2 Å². The summed E-state index contributed by atoms with van der Waals surface area (Å²) in [7, 11) is 0. The predicted octanol–water partition coefficient (Wildman–Crippen LogP) is 2.63. The summed E-state index contributed by atoms with van der Waals surface area (Å²) in [5, 5.41) is 2.66. The van der Waals surface area contributed by atoms with Gasteiger partial charge in [0.15, 0.2) is 0 Å². The SMILES string of the molecule is C=C(CCc1ccccc1)NNC(=O)C(=O)NC(C)c1ccccc1. The number of allylic oxidation sites excluding steroid dienone is 1. The molecule has 1 atom stereocenters. The summed E-state index contributed by atoms with van der Waals surface area (Å²) in [6, 6.07) is 19.2. The van der Waals surface area contributed by atoms with Crippen molar-refractivity contribution < 1.29 is 9.59 Å². The van der Waals surface area contributed by atoms with Gasteiger partial charge in [0.25, 0.3) is 0 Å². The Bertz CT molecular complexity index is 714. The van der Waals surface area contributed by atoms with Crippen LogP contribution in [0.3, 0.4) is 0 Å². The third-order valence-electron chi connectivity index (χ3n) is 3.76. The Morgan fingerprint density at radius 1 is 0.920 bits per heavy atom. The maximum Gasteiger partial charge on any atom is 0.327 e. The van der Waals surface area contributed by atoms with E-state index < -0.39 is 11.8 Å². The summed E-state index contributed by atoms with van der Waals surface area (Å²) in [6.45, 7) is 5.68. The van der Waals surface area contributed by atoms with Crippen LogP contribution in [0, 0.1) is 0 Å². The minimum absolute atomic E-state index is 0.249. The topological polar surface area (TPSA) is 70.2 Å². The summed E-state index contributed by atoms with van der Waals surface area (Å²) in [4.78, 5) is 23.8. The fraction of sp³-hybridized carbons (Fsp3) is 0.200. The Kier molecular flexibility index (Phi) is 6.77. The van der Waals surface area contributed by atoms with Gasteiger partial charge in [-0.15, -0.1) is 0 Å². The van der Waals surface area contributed by atoms with Gasteiger partial charge in [0.05, 0.1) is 6.04 Å². The predicted molar refractivity (Wildman–Crippen MR) is 98.2 cm³/mol. The van der Waals surface area contributed by atoms with Gasteiger partial charge < -0.3 is 10.7 Å². The van der Waals surface area contributed by atoms with E-state index >= 15 is 0 Å². The molecule has 0 aliphatic heterocycles. The second kappa shape index (κ2) is 9.27. The highest BCUT2D eigenvalue weighted by Crippen LogP contribution is 2.10. The molecule has 5 heteroatoms. The Morgan fingerprint density at radius 3 is 2.16 bits per heavy atom. The van der Waals surface area contributed by atoms with E-state index in [2.05, 4.69) is 22.7 Å². The van der Waals surface area contributed by atoms with Crippen molar-refractivity contribution in [1.29, 1.82) is 0 Å². The van der Waals surface area contributed by atoms with Gasteiger partial charge in [-0.2, -0.15) is 0 Å². The lowest BCUT2D eigenvalue weighted by atomic mass is 10.1. The number of carbonyl (C=O) groups excluding carboxylic acids is 2. The normalized spacial score (nSPS) is 11.2. The molecule has 0 aromatic heterocycles. The van der Waals surface area contributed by atoms with Gasteiger partial charge in [-0.1, -0.05) is 67.2 Å². The van der Waals surface area contributed by atoms with E-state index in [9.17, 15) is 9.59 Å². The maximum absolute atomic E-state index is 11.9. The monoisotopic (exact) mass is 337 g/mol. The Morgan fingerprint density at radius 2 is 1.52 bits per heavy atom. The van der Waals surface area contributed by atoms with Gasteiger partial charge in [-0.25, -0.2) is 0 Å². The number of amides is 2. The second-order valence-electron chi connectivity index (χ2n) is 5.77. The fourth-order valence-electron chi connectivity index (χ4n) is 2.29. The molecule has 2 aromatic rings. The van der Waals surface area contributed by atoms with Crippen molar-refractivity contribution in [3.8, 4) is 0 Å². The van der Waals surface area contributed by atoms with Gasteiger partial charge in [0.1, 0.15) is 0 Å². The first-order valence-corrected chi connectivity index (χ1v) is 8.19. The Hall–Kier alpha value is -3.08. The molecule has 0 saturated carbocycles. The molecule has 130 valence electrons. The van der Waals surface area contributed by atoms with Crippen molar-refractivity contribution in [2.75, 3.05) is 0 Å². The molecule has 25 heavy (non-hydrogen) atoms. The number of hydrazine groups is 1. The van der Waals surface area contributed by atoms with E-state index in [4.69, 9.17) is 0 Å². The Labute approximate surface area is 148 Å². The van der Waals surface area contributed by atoms with E-state index in [1.165, 1.54) is 5.56 Å². The first kappa shape index (κ1) is 18.3. The van der Waals surface area contributed by atoms with Crippen LogP contribution in [0.5, 0.6) is 0 Å². The average Bonchev–Trinajstić information content (AvgIpc) is 2.65. The molecule has 0 aliphatic carbocycles. The molecule has 0 bridgehead atoms. The summed E-state index contributed by atoms with van der Waals surface area (Å²) < 4.78 is 0. The van der Waals surface area contributed by atoms with Gasteiger partial charge in [-0.3, -0.25) is 15.0 Å². The average molecular weight is 337 g/mol. The van der Waals surface area contributed by atoms with Gasteiger partial charge in [0, 0.05) is 5.70 Å². The van der Waals surface area contributed by atoms with E-state index in [0.717, 1.165) is 12.0 Å². The Balaban J connectivity index is 1.72. The van der Waals surface area contributed by atoms with Crippen LogP contribution in [0.2, 0.25) is 0 Å². The molecule has 2 aromatic carbocycles. The summed E-state index contributed by atoms with van der Waals surface area (Å²) in [6.07, 6.45) is 1.46. The molecule has 0 saturated heterocycles. The van der Waals surface area contributed by atoms with Gasteiger partial charge in [-0.05, 0) is 30.9 Å². The van der Waals surface area contributed by atoms with Crippen LogP contribution in [0.15, 0.2) is 72.9 Å². The molecular weight excluding hydrogens is 314 g/mol. The number of benzene rings is 2. The minimum atomic E-state index is -0.747. The van der Waals surface area contributed by atoms with Crippen LogP contribution in [0.1, 0.15) is 30.5 Å². The zero-order valence-corrected chi connectivity index (χ0v) is 14.3. The number of nitrogens with one attached hydrogen (secondary N) is 3. The number of hydrogen-bond acceptors (Lipinski definition) is 3. The first-order valence-electron chi connectivity index (χ1n) is 8.19. The molecule has 0 spiro atoms. The van der Waals surface area contributed by atoms with Crippen molar-refractivity contribution in [2.24, 2.45) is 0 Å². The van der Waals surface area contributed by atoms with E-state index in [1.54, 1.807) is 0 Å². The lowest BCUT2D eigenvalue weighted by Gasteiger charge is -2.15. The lowest BCUT2D eigenvalue weighted by Crippen LogP contribution is -2.46. The molecule has 0 radical (unpaired) electrons. The molecule has 5 nitrogen and oxygen atoms in total.